The van der Waals surface area contributed by atoms with Gasteiger partial charge in [0.1, 0.15) is 6.61 Å². The summed E-state index contributed by atoms with van der Waals surface area (Å²) in [5.41, 5.74) is 1.68. The number of nitrogens with zero attached hydrogens (tertiary/aromatic N) is 2. The number of halogens is 1. The number of hydrogen-bond acceptors (Lipinski definition) is 5. The molecule has 2 aromatic carbocycles. The molecule has 0 aliphatic carbocycles. The lowest BCUT2D eigenvalue weighted by Gasteiger charge is -2.18. The number of ether oxygens (including phenoxy) is 1. The summed E-state index contributed by atoms with van der Waals surface area (Å²) in [6.07, 6.45) is 0. The van der Waals surface area contributed by atoms with E-state index in [-0.39, 0.29) is 18.3 Å². The van der Waals surface area contributed by atoms with Crippen molar-refractivity contribution in [1.82, 2.24) is 9.88 Å². The van der Waals surface area contributed by atoms with Crippen molar-refractivity contribution in [2.24, 2.45) is 0 Å². The molecular weight excluding hydrogens is 395 g/mol. The maximum atomic E-state index is 13.5. The summed E-state index contributed by atoms with van der Waals surface area (Å²) >= 11 is 3.34. The minimum Gasteiger partial charge on any atom is -0.489 e. The normalized spacial score (nSPS) is 10.7. The van der Waals surface area contributed by atoms with Crippen molar-refractivity contribution >= 4 is 29.0 Å². The molecule has 0 aliphatic heterocycles. The number of carbonyl (C=O) groups excluding carboxylic acids is 1. The van der Waals surface area contributed by atoms with E-state index >= 15 is 0 Å². The first-order valence-corrected chi connectivity index (χ1v) is 10.7. The number of thiazole rings is 1. The molecule has 3 aromatic rings. The first-order valence-electron chi connectivity index (χ1n) is 8.79. The molecule has 0 atom stereocenters. The Balaban J connectivity index is 1.48. The second-order valence-electron chi connectivity index (χ2n) is 6.18. The molecular formula is C21H21FN2O2S2. The fourth-order valence-electron chi connectivity index (χ4n) is 2.50. The Morgan fingerprint density at radius 2 is 1.96 bits per heavy atom. The van der Waals surface area contributed by atoms with Crippen LogP contribution in [-0.4, -0.2) is 36.0 Å². The highest BCUT2D eigenvalue weighted by Gasteiger charge is 2.12. The van der Waals surface area contributed by atoms with Crippen LogP contribution in [0.5, 0.6) is 5.75 Å². The van der Waals surface area contributed by atoms with Crippen molar-refractivity contribution in [2.45, 2.75) is 17.6 Å². The number of amides is 1. The topological polar surface area (TPSA) is 42.4 Å². The molecule has 0 spiro atoms. The van der Waals surface area contributed by atoms with Gasteiger partial charge in [-0.3, -0.25) is 4.79 Å². The van der Waals surface area contributed by atoms with Crippen LogP contribution in [0.25, 0.3) is 0 Å². The Kier molecular flexibility index (Phi) is 7.06. The lowest BCUT2D eigenvalue weighted by atomic mass is 10.2. The van der Waals surface area contributed by atoms with Gasteiger partial charge >= 0.3 is 0 Å². The molecule has 0 bridgehead atoms. The zero-order valence-corrected chi connectivity index (χ0v) is 17.4. The minimum atomic E-state index is -0.405. The van der Waals surface area contributed by atoms with Gasteiger partial charge in [-0.15, -0.1) is 23.1 Å². The standard InChI is InChI=1S/C21H21FN2O2S2/c1-15-23-17(13-27-15)14-28-18-9-7-16(8-10-18)21(25)24(2)11-12-26-20-6-4-3-5-19(20)22/h3-10,13H,11-12,14H2,1-2H3. The summed E-state index contributed by atoms with van der Waals surface area (Å²) in [4.78, 5) is 19.6. The van der Waals surface area contributed by atoms with Gasteiger partial charge in [0.2, 0.25) is 0 Å². The van der Waals surface area contributed by atoms with Crippen LogP contribution in [0.3, 0.4) is 0 Å². The van der Waals surface area contributed by atoms with Crippen LogP contribution in [0.4, 0.5) is 4.39 Å². The molecule has 0 saturated heterocycles. The van der Waals surface area contributed by atoms with Crippen LogP contribution in [0.1, 0.15) is 21.1 Å². The van der Waals surface area contributed by atoms with Gasteiger partial charge in [0.25, 0.3) is 5.91 Å². The molecule has 0 N–H and O–H groups in total. The molecule has 7 heteroatoms. The average molecular weight is 417 g/mol. The van der Waals surface area contributed by atoms with Crippen LogP contribution in [0.2, 0.25) is 0 Å². The van der Waals surface area contributed by atoms with Gasteiger partial charge in [-0.1, -0.05) is 12.1 Å². The van der Waals surface area contributed by atoms with E-state index in [9.17, 15) is 9.18 Å². The maximum absolute atomic E-state index is 13.5. The quantitative estimate of drug-likeness (QED) is 0.483. The van der Waals surface area contributed by atoms with Gasteiger partial charge in [-0.05, 0) is 43.3 Å². The molecule has 0 radical (unpaired) electrons. The van der Waals surface area contributed by atoms with E-state index in [1.165, 1.54) is 6.07 Å². The molecule has 0 aliphatic rings. The average Bonchev–Trinajstić information content (AvgIpc) is 3.13. The predicted molar refractivity (Wildman–Crippen MR) is 112 cm³/mol. The predicted octanol–water partition coefficient (Wildman–Crippen LogP) is 5.03. The van der Waals surface area contributed by atoms with Crippen LogP contribution < -0.4 is 4.74 Å². The number of carbonyl (C=O) groups is 1. The summed E-state index contributed by atoms with van der Waals surface area (Å²) in [7, 11) is 1.71. The van der Waals surface area contributed by atoms with E-state index in [2.05, 4.69) is 10.4 Å². The van der Waals surface area contributed by atoms with Crippen molar-refractivity contribution in [3.05, 3.63) is 76.0 Å². The molecule has 3 rings (SSSR count). The Labute approximate surface area is 172 Å². The van der Waals surface area contributed by atoms with E-state index in [1.54, 1.807) is 53.2 Å². The van der Waals surface area contributed by atoms with Crippen LogP contribution in [-0.2, 0) is 5.75 Å². The minimum absolute atomic E-state index is 0.0937. The number of benzene rings is 2. The number of aryl methyl sites for hydroxylation is 1. The van der Waals surface area contributed by atoms with Crippen molar-refractivity contribution in [2.75, 3.05) is 20.2 Å². The highest BCUT2D eigenvalue weighted by atomic mass is 32.2. The zero-order chi connectivity index (χ0) is 19.9. The van der Waals surface area contributed by atoms with Crippen molar-refractivity contribution < 1.29 is 13.9 Å². The Morgan fingerprint density at radius 3 is 2.64 bits per heavy atom. The third-order valence-corrected chi connectivity index (χ3v) is 5.89. The van der Waals surface area contributed by atoms with Gasteiger partial charge in [-0.2, -0.15) is 0 Å². The SMILES string of the molecule is Cc1nc(CSc2ccc(C(=O)N(C)CCOc3ccccc3F)cc2)cs1. The molecule has 0 saturated carbocycles. The summed E-state index contributed by atoms with van der Waals surface area (Å²) in [5.74, 6) is 0.506. The molecule has 146 valence electrons. The lowest BCUT2D eigenvalue weighted by Crippen LogP contribution is -2.30. The Bertz CT molecular complexity index is 928. The van der Waals surface area contributed by atoms with Gasteiger partial charge < -0.3 is 9.64 Å². The fourth-order valence-corrected chi connectivity index (χ4v) is 4.01. The van der Waals surface area contributed by atoms with Gasteiger partial charge in [0, 0.05) is 28.6 Å². The third kappa shape index (κ3) is 5.56. The number of hydrogen-bond donors (Lipinski definition) is 0. The molecule has 1 aromatic heterocycles. The van der Waals surface area contributed by atoms with E-state index < -0.39 is 5.82 Å². The van der Waals surface area contributed by atoms with E-state index in [4.69, 9.17) is 4.74 Å². The number of rotatable bonds is 8. The lowest BCUT2D eigenvalue weighted by molar-refractivity contribution is 0.0773. The molecule has 0 fully saturated rings. The molecule has 28 heavy (non-hydrogen) atoms. The van der Waals surface area contributed by atoms with E-state index in [0.29, 0.717) is 12.1 Å². The van der Waals surface area contributed by atoms with Gasteiger partial charge in [-0.25, -0.2) is 9.37 Å². The summed E-state index contributed by atoms with van der Waals surface area (Å²) in [6.45, 7) is 2.59. The number of likely N-dealkylation sites (N-methyl/N-ethyl adjacent to an activating group) is 1. The first kappa shape index (κ1) is 20.4. The highest BCUT2D eigenvalue weighted by molar-refractivity contribution is 7.98. The zero-order valence-electron chi connectivity index (χ0n) is 15.7. The monoisotopic (exact) mass is 416 g/mol. The third-order valence-electron chi connectivity index (χ3n) is 4.02. The largest absolute Gasteiger partial charge is 0.489 e. The fraction of sp³-hybridized carbons (Fsp3) is 0.238. The van der Waals surface area contributed by atoms with E-state index in [0.717, 1.165) is 21.3 Å². The van der Waals surface area contributed by atoms with Crippen LogP contribution >= 0.6 is 23.1 Å². The van der Waals surface area contributed by atoms with Crippen molar-refractivity contribution in [3.8, 4) is 5.75 Å². The number of thioether (sulfide) groups is 1. The molecule has 4 nitrogen and oxygen atoms in total. The molecule has 1 amide bonds. The Hall–Kier alpha value is -2.38. The second kappa shape index (κ2) is 9.71. The Morgan fingerprint density at radius 1 is 1.21 bits per heavy atom. The summed E-state index contributed by atoms with van der Waals surface area (Å²) in [6, 6.07) is 13.8. The van der Waals surface area contributed by atoms with Crippen molar-refractivity contribution in [1.29, 1.82) is 0 Å². The second-order valence-corrected chi connectivity index (χ2v) is 8.29. The molecule has 0 unspecified atom stereocenters. The van der Waals surface area contributed by atoms with Gasteiger partial charge in [0.05, 0.1) is 17.2 Å². The summed E-state index contributed by atoms with van der Waals surface area (Å²) < 4.78 is 18.9. The number of aromatic nitrogens is 1. The molecule has 1 heterocycles. The van der Waals surface area contributed by atoms with Gasteiger partial charge in [0.15, 0.2) is 11.6 Å². The van der Waals surface area contributed by atoms with Crippen molar-refractivity contribution in [3.63, 3.8) is 0 Å². The van der Waals surface area contributed by atoms with Crippen LogP contribution in [0.15, 0.2) is 58.8 Å². The highest BCUT2D eigenvalue weighted by Crippen LogP contribution is 2.24. The van der Waals surface area contributed by atoms with E-state index in [1.807, 2.05) is 31.2 Å². The maximum Gasteiger partial charge on any atom is 0.253 e. The summed E-state index contributed by atoms with van der Waals surface area (Å²) in [5, 5.41) is 3.14. The van der Waals surface area contributed by atoms with Crippen LogP contribution in [0, 0.1) is 12.7 Å². The number of para-hydroxylation sites is 1. The first-order chi connectivity index (χ1) is 13.5. The smallest absolute Gasteiger partial charge is 0.253 e.